The number of nitrogens with one attached hydrogen (secondary N) is 1. The van der Waals surface area contributed by atoms with E-state index in [2.05, 4.69) is 15.1 Å². The lowest BCUT2D eigenvalue weighted by molar-refractivity contribution is 0.797. The molecular formula is C11H12N4S. The van der Waals surface area contributed by atoms with Crippen molar-refractivity contribution >= 4 is 12.2 Å². The first-order valence-electron chi connectivity index (χ1n) is 5.35. The molecule has 4 nitrogen and oxygen atoms in total. The SMILES string of the molecule is Cc1cc(-n2[nH]c(C3CC3)cc2=S)ncn1. The van der Waals surface area contributed by atoms with Gasteiger partial charge in [0.2, 0.25) is 0 Å². The number of aromatic nitrogens is 4. The number of hydrogen-bond donors (Lipinski definition) is 1. The number of nitrogens with zero attached hydrogens (tertiary/aromatic N) is 3. The summed E-state index contributed by atoms with van der Waals surface area (Å²) < 4.78 is 2.62. The van der Waals surface area contributed by atoms with E-state index in [1.54, 1.807) is 6.33 Å². The van der Waals surface area contributed by atoms with E-state index in [0.29, 0.717) is 5.92 Å². The first kappa shape index (κ1) is 9.72. The zero-order valence-corrected chi connectivity index (χ0v) is 9.79. The summed E-state index contributed by atoms with van der Waals surface area (Å²) >= 11 is 5.32. The van der Waals surface area contributed by atoms with Crippen molar-refractivity contribution < 1.29 is 0 Å². The Kier molecular flexibility index (Phi) is 2.14. The number of aromatic amines is 1. The van der Waals surface area contributed by atoms with Crippen LogP contribution in [-0.2, 0) is 0 Å². The van der Waals surface area contributed by atoms with Gasteiger partial charge in [-0.25, -0.2) is 14.6 Å². The molecule has 0 radical (unpaired) electrons. The third kappa shape index (κ3) is 1.67. The number of aryl methyl sites for hydroxylation is 1. The fraction of sp³-hybridized carbons (Fsp3) is 0.364. The van der Waals surface area contributed by atoms with Crippen LogP contribution in [0.1, 0.15) is 30.1 Å². The Balaban J connectivity index is 2.08. The lowest BCUT2D eigenvalue weighted by atomic mass is 10.3. The van der Waals surface area contributed by atoms with Crippen LogP contribution in [0.4, 0.5) is 0 Å². The van der Waals surface area contributed by atoms with Crippen LogP contribution in [0.3, 0.4) is 0 Å². The van der Waals surface area contributed by atoms with Crippen LogP contribution in [0.5, 0.6) is 0 Å². The molecule has 2 heterocycles. The molecule has 0 unspecified atom stereocenters. The third-order valence-electron chi connectivity index (χ3n) is 2.78. The average Bonchev–Trinajstić information content (AvgIpc) is 3.02. The Morgan fingerprint density at radius 1 is 1.38 bits per heavy atom. The molecule has 0 bridgehead atoms. The summed E-state index contributed by atoms with van der Waals surface area (Å²) in [5.41, 5.74) is 2.16. The Morgan fingerprint density at radius 2 is 2.19 bits per heavy atom. The largest absolute Gasteiger partial charge is 0.295 e. The van der Waals surface area contributed by atoms with Gasteiger partial charge in [-0.05, 0) is 25.8 Å². The molecule has 1 N–H and O–H groups in total. The molecule has 1 aliphatic rings. The molecule has 0 aliphatic heterocycles. The number of H-pyrrole nitrogens is 1. The van der Waals surface area contributed by atoms with E-state index in [9.17, 15) is 0 Å². The summed E-state index contributed by atoms with van der Waals surface area (Å²) in [5.74, 6) is 1.48. The zero-order valence-electron chi connectivity index (χ0n) is 8.97. The van der Waals surface area contributed by atoms with Gasteiger partial charge < -0.3 is 0 Å². The van der Waals surface area contributed by atoms with Crippen molar-refractivity contribution in [3.63, 3.8) is 0 Å². The second-order valence-electron chi connectivity index (χ2n) is 4.18. The Labute approximate surface area is 98.3 Å². The van der Waals surface area contributed by atoms with Crippen LogP contribution in [0.15, 0.2) is 18.5 Å². The van der Waals surface area contributed by atoms with Crippen molar-refractivity contribution in [1.82, 2.24) is 19.7 Å². The standard InChI is InChI=1S/C11H12N4S/c1-7-4-10(13-6-12-7)15-11(16)5-9(14-15)8-2-3-8/h4-6,8,14H,2-3H2,1H3. The maximum atomic E-state index is 5.32. The van der Waals surface area contributed by atoms with Crippen LogP contribution in [0.25, 0.3) is 5.82 Å². The van der Waals surface area contributed by atoms with E-state index in [1.165, 1.54) is 18.5 Å². The lowest BCUT2D eigenvalue weighted by Crippen LogP contribution is -2.01. The van der Waals surface area contributed by atoms with Gasteiger partial charge in [0.15, 0.2) is 5.82 Å². The van der Waals surface area contributed by atoms with Crippen molar-refractivity contribution in [3.05, 3.63) is 34.5 Å². The fourth-order valence-electron chi connectivity index (χ4n) is 1.75. The van der Waals surface area contributed by atoms with Gasteiger partial charge in [-0.1, -0.05) is 12.2 Å². The number of hydrogen-bond acceptors (Lipinski definition) is 3. The van der Waals surface area contributed by atoms with Crippen molar-refractivity contribution in [3.8, 4) is 5.82 Å². The summed E-state index contributed by atoms with van der Waals surface area (Å²) in [5, 5.41) is 3.31. The minimum atomic E-state index is 0.672. The minimum Gasteiger partial charge on any atom is -0.295 e. The maximum absolute atomic E-state index is 5.32. The molecule has 0 atom stereocenters. The van der Waals surface area contributed by atoms with E-state index < -0.39 is 0 Å². The van der Waals surface area contributed by atoms with E-state index in [1.807, 2.05) is 23.7 Å². The Bertz CT molecular complexity index is 580. The van der Waals surface area contributed by atoms with Crippen LogP contribution >= 0.6 is 12.2 Å². The molecule has 0 saturated heterocycles. The van der Waals surface area contributed by atoms with Gasteiger partial charge >= 0.3 is 0 Å². The van der Waals surface area contributed by atoms with Crippen molar-refractivity contribution in [1.29, 1.82) is 0 Å². The highest BCUT2D eigenvalue weighted by Crippen LogP contribution is 2.39. The van der Waals surface area contributed by atoms with Gasteiger partial charge in [-0.2, -0.15) is 0 Å². The van der Waals surface area contributed by atoms with Gasteiger partial charge in [0.25, 0.3) is 0 Å². The second kappa shape index (κ2) is 3.52. The monoisotopic (exact) mass is 232 g/mol. The van der Waals surface area contributed by atoms with Gasteiger partial charge in [0.1, 0.15) is 11.0 Å². The molecule has 1 aliphatic carbocycles. The van der Waals surface area contributed by atoms with Crippen molar-refractivity contribution in [2.45, 2.75) is 25.7 Å². The normalized spacial score (nSPS) is 15.3. The first-order chi connectivity index (χ1) is 7.74. The van der Waals surface area contributed by atoms with E-state index in [4.69, 9.17) is 12.2 Å². The fourth-order valence-corrected chi connectivity index (χ4v) is 2.02. The molecule has 82 valence electrons. The smallest absolute Gasteiger partial charge is 0.156 e. The molecule has 2 aromatic rings. The topological polar surface area (TPSA) is 46.5 Å². The quantitative estimate of drug-likeness (QED) is 0.809. The summed E-state index contributed by atoms with van der Waals surface area (Å²) in [4.78, 5) is 8.29. The molecule has 2 aromatic heterocycles. The van der Waals surface area contributed by atoms with E-state index in [-0.39, 0.29) is 0 Å². The molecule has 5 heteroatoms. The maximum Gasteiger partial charge on any atom is 0.156 e. The summed E-state index contributed by atoms with van der Waals surface area (Å²) in [6.45, 7) is 1.94. The molecule has 1 fully saturated rings. The molecule has 0 aromatic carbocycles. The Morgan fingerprint density at radius 3 is 2.88 bits per heavy atom. The van der Waals surface area contributed by atoms with Crippen LogP contribution in [0.2, 0.25) is 0 Å². The Hall–Kier alpha value is -1.49. The molecular weight excluding hydrogens is 220 g/mol. The lowest BCUT2D eigenvalue weighted by Gasteiger charge is -2.02. The minimum absolute atomic E-state index is 0.672. The summed E-state index contributed by atoms with van der Waals surface area (Å²) in [6, 6.07) is 3.95. The third-order valence-corrected chi connectivity index (χ3v) is 3.08. The molecule has 0 amide bonds. The average molecular weight is 232 g/mol. The molecule has 3 rings (SSSR count). The van der Waals surface area contributed by atoms with Gasteiger partial charge in [-0.3, -0.25) is 5.10 Å². The highest BCUT2D eigenvalue weighted by Gasteiger charge is 2.25. The molecule has 16 heavy (non-hydrogen) atoms. The summed E-state index contributed by atoms with van der Waals surface area (Å²) in [6.07, 6.45) is 4.08. The highest BCUT2D eigenvalue weighted by molar-refractivity contribution is 7.71. The van der Waals surface area contributed by atoms with Crippen molar-refractivity contribution in [2.24, 2.45) is 0 Å². The highest BCUT2D eigenvalue weighted by atomic mass is 32.1. The van der Waals surface area contributed by atoms with Crippen molar-refractivity contribution in [2.75, 3.05) is 0 Å². The van der Waals surface area contributed by atoms with Crippen LogP contribution in [0, 0.1) is 11.6 Å². The van der Waals surface area contributed by atoms with E-state index >= 15 is 0 Å². The first-order valence-corrected chi connectivity index (χ1v) is 5.76. The van der Waals surface area contributed by atoms with Gasteiger partial charge in [0.05, 0.1) is 0 Å². The number of rotatable bonds is 2. The van der Waals surface area contributed by atoms with Gasteiger partial charge in [0, 0.05) is 23.4 Å². The van der Waals surface area contributed by atoms with Crippen LogP contribution in [-0.4, -0.2) is 19.7 Å². The van der Waals surface area contributed by atoms with Crippen LogP contribution < -0.4 is 0 Å². The molecule has 0 spiro atoms. The predicted molar refractivity (Wildman–Crippen MR) is 63.3 cm³/mol. The molecule has 1 saturated carbocycles. The zero-order chi connectivity index (χ0) is 11.1. The van der Waals surface area contributed by atoms with Gasteiger partial charge in [-0.15, -0.1) is 0 Å². The second-order valence-corrected chi connectivity index (χ2v) is 4.60. The predicted octanol–water partition coefficient (Wildman–Crippen LogP) is 2.51. The van der Waals surface area contributed by atoms with E-state index in [0.717, 1.165) is 16.2 Å². The summed E-state index contributed by atoms with van der Waals surface area (Å²) in [7, 11) is 0.